The lowest BCUT2D eigenvalue weighted by atomic mass is 10.0. The fourth-order valence-corrected chi connectivity index (χ4v) is 0.213. The number of hydrogen-bond acceptors (Lipinski definition) is 5. The van der Waals surface area contributed by atoms with Gasteiger partial charge in [0.05, 0.1) is 13.2 Å². The molecule has 0 aliphatic carbocycles. The van der Waals surface area contributed by atoms with Crippen LogP contribution < -0.4 is 5.73 Å². The summed E-state index contributed by atoms with van der Waals surface area (Å²) in [6, 6.07) is 0. The van der Waals surface area contributed by atoms with Crippen molar-refractivity contribution in [2.45, 2.75) is 11.8 Å². The van der Waals surface area contributed by atoms with Gasteiger partial charge in [-0.1, -0.05) is 0 Å². The standard InChI is InChI=1S/C4H11NO4/c5-4(1-6,2-7)3(8)9/h3,6-9H,1-2,5H2. The van der Waals surface area contributed by atoms with Gasteiger partial charge in [0.25, 0.3) is 0 Å². The second-order valence-electron chi connectivity index (χ2n) is 1.92. The Kier molecular flexibility index (Phi) is 3.02. The normalized spacial score (nSPS) is 12.7. The molecule has 0 atom stereocenters. The lowest BCUT2D eigenvalue weighted by molar-refractivity contribution is -0.123. The SMILES string of the molecule is NC(CO)(CO)C(O)O. The molecule has 0 bridgehead atoms. The highest BCUT2D eigenvalue weighted by Crippen LogP contribution is 2.01. The molecule has 0 rings (SSSR count). The molecule has 0 heterocycles. The molecular formula is C4H11NO4. The summed E-state index contributed by atoms with van der Waals surface area (Å²) in [6.07, 6.45) is -1.90. The minimum absolute atomic E-state index is 0.666. The molecule has 5 heteroatoms. The smallest absolute Gasteiger partial charge is 0.174 e. The molecular weight excluding hydrogens is 126 g/mol. The molecule has 9 heavy (non-hydrogen) atoms. The third-order valence-electron chi connectivity index (χ3n) is 1.10. The summed E-state index contributed by atoms with van der Waals surface area (Å²) >= 11 is 0. The van der Waals surface area contributed by atoms with Gasteiger partial charge >= 0.3 is 0 Å². The van der Waals surface area contributed by atoms with E-state index in [-0.39, 0.29) is 0 Å². The summed E-state index contributed by atoms with van der Waals surface area (Å²) in [6.45, 7) is -1.33. The molecule has 0 unspecified atom stereocenters. The molecule has 0 saturated heterocycles. The van der Waals surface area contributed by atoms with E-state index in [2.05, 4.69) is 0 Å². The van der Waals surface area contributed by atoms with Crippen LogP contribution in [-0.4, -0.2) is 45.5 Å². The summed E-state index contributed by atoms with van der Waals surface area (Å²) in [4.78, 5) is 0. The first kappa shape index (κ1) is 8.80. The van der Waals surface area contributed by atoms with Gasteiger partial charge in [0.2, 0.25) is 0 Å². The van der Waals surface area contributed by atoms with Crippen LogP contribution in [0, 0.1) is 0 Å². The van der Waals surface area contributed by atoms with Crippen molar-refractivity contribution in [2.24, 2.45) is 5.73 Å². The minimum Gasteiger partial charge on any atom is -0.394 e. The van der Waals surface area contributed by atoms with Crippen LogP contribution in [0.25, 0.3) is 0 Å². The summed E-state index contributed by atoms with van der Waals surface area (Å²) in [5.41, 5.74) is 3.34. The van der Waals surface area contributed by atoms with Crippen LogP contribution in [-0.2, 0) is 0 Å². The fourth-order valence-electron chi connectivity index (χ4n) is 0.213. The lowest BCUT2D eigenvalue weighted by Crippen LogP contribution is -2.56. The zero-order chi connectivity index (χ0) is 7.49. The van der Waals surface area contributed by atoms with Gasteiger partial charge < -0.3 is 26.2 Å². The van der Waals surface area contributed by atoms with Crippen LogP contribution in [0.4, 0.5) is 0 Å². The Morgan fingerprint density at radius 1 is 1.22 bits per heavy atom. The predicted molar refractivity (Wildman–Crippen MR) is 29.3 cm³/mol. The maximum atomic E-state index is 8.38. The Balaban J connectivity index is 3.92. The van der Waals surface area contributed by atoms with Crippen molar-refractivity contribution in [3.05, 3.63) is 0 Å². The van der Waals surface area contributed by atoms with Crippen LogP contribution in [0.2, 0.25) is 0 Å². The summed E-state index contributed by atoms with van der Waals surface area (Å²) in [5, 5.41) is 33.5. The average Bonchev–Trinajstić information content (AvgIpc) is 1.86. The number of aliphatic hydroxyl groups is 4. The Hall–Kier alpha value is -0.200. The minimum atomic E-state index is -1.90. The van der Waals surface area contributed by atoms with E-state index in [1.807, 2.05) is 0 Å². The Morgan fingerprint density at radius 2 is 1.56 bits per heavy atom. The van der Waals surface area contributed by atoms with E-state index in [1.54, 1.807) is 0 Å². The fraction of sp³-hybridized carbons (Fsp3) is 1.00. The van der Waals surface area contributed by atoms with Crippen molar-refractivity contribution in [1.82, 2.24) is 0 Å². The topological polar surface area (TPSA) is 107 Å². The first-order chi connectivity index (χ1) is 4.06. The van der Waals surface area contributed by atoms with Gasteiger partial charge in [0.1, 0.15) is 5.54 Å². The van der Waals surface area contributed by atoms with E-state index < -0.39 is 25.0 Å². The van der Waals surface area contributed by atoms with Crippen molar-refractivity contribution < 1.29 is 20.4 Å². The molecule has 6 N–H and O–H groups in total. The molecule has 56 valence electrons. The molecule has 0 spiro atoms. The van der Waals surface area contributed by atoms with Crippen molar-refractivity contribution in [3.63, 3.8) is 0 Å². The molecule has 0 saturated carbocycles. The van der Waals surface area contributed by atoms with Crippen molar-refractivity contribution in [1.29, 1.82) is 0 Å². The van der Waals surface area contributed by atoms with E-state index in [0.29, 0.717) is 0 Å². The van der Waals surface area contributed by atoms with Crippen molar-refractivity contribution in [3.8, 4) is 0 Å². The van der Waals surface area contributed by atoms with Crippen LogP contribution in [0.3, 0.4) is 0 Å². The van der Waals surface area contributed by atoms with Crippen LogP contribution in [0.5, 0.6) is 0 Å². The third kappa shape index (κ3) is 1.88. The molecule has 0 aliphatic heterocycles. The summed E-state index contributed by atoms with van der Waals surface area (Å²) in [5.74, 6) is 0. The van der Waals surface area contributed by atoms with Crippen LogP contribution in [0.15, 0.2) is 0 Å². The Morgan fingerprint density at radius 3 is 1.56 bits per heavy atom. The molecule has 0 amide bonds. The summed E-state index contributed by atoms with van der Waals surface area (Å²) in [7, 11) is 0. The second kappa shape index (κ2) is 3.09. The van der Waals surface area contributed by atoms with Gasteiger partial charge in [-0.15, -0.1) is 0 Å². The van der Waals surface area contributed by atoms with E-state index in [4.69, 9.17) is 26.2 Å². The third-order valence-corrected chi connectivity index (χ3v) is 1.10. The van der Waals surface area contributed by atoms with Gasteiger partial charge in [0.15, 0.2) is 6.29 Å². The highest BCUT2D eigenvalue weighted by molar-refractivity contribution is 4.84. The summed E-state index contributed by atoms with van der Waals surface area (Å²) < 4.78 is 0. The molecule has 0 aliphatic rings. The van der Waals surface area contributed by atoms with Crippen LogP contribution in [0.1, 0.15) is 0 Å². The predicted octanol–water partition coefficient (Wildman–Crippen LogP) is -3.02. The van der Waals surface area contributed by atoms with Crippen molar-refractivity contribution in [2.75, 3.05) is 13.2 Å². The number of hydrogen-bond donors (Lipinski definition) is 5. The maximum absolute atomic E-state index is 8.38. The quantitative estimate of drug-likeness (QED) is 0.266. The lowest BCUT2D eigenvalue weighted by Gasteiger charge is -2.25. The van der Waals surface area contributed by atoms with E-state index in [9.17, 15) is 0 Å². The monoisotopic (exact) mass is 137 g/mol. The Bertz CT molecular complexity index is 80.6. The zero-order valence-electron chi connectivity index (χ0n) is 4.86. The highest BCUT2D eigenvalue weighted by Gasteiger charge is 2.30. The first-order valence-corrected chi connectivity index (χ1v) is 2.43. The van der Waals surface area contributed by atoms with Crippen LogP contribution >= 0.6 is 0 Å². The van der Waals surface area contributed by atoms with E-state index in [1.165, 1.54) is 0 Å². The van der Waals surface area contributed by atoms with Gasteiger partial charge in [-0.05, 0) is 0 Å². The zero-order valence-corrected chi connectivity index (χ0v) is 4.86. The average molecular weight is 137 g/mol. The van der Waals surface area contributed by atoms with Gasteiger partial charge in [-0.25, -0.2) is 0 Å². The number of aliphatic hydroxyl groups excluding tert-OH is 3. The van der Waals surface area contributed by atoms with Crippen molar-refractivity contribution >= 4 is 0 Å². The van der Waals surface area contributed by atoms with Gasteiger partial charge in [-0.3, -0.25) is 0 Å². The molecule has 0 radical (unpaired) electrons. The molecule has 0 fully saturated rings. The Labute approximate surface area is 52.4 Å². The number of rotatable bonds is 3. The van der Waals surface area contributed by atoms with E-state index in [0.717, 1.165) is 0 Å². The van der Waals surface area contributed by atoms with Gasteiger partial charge in [0, 0.05) is 0 Å². The number of nitrogens with two attached hydrogens (primary N) is 1. The second-order valence-corrected chi connectivity index (χ2v) is 1.92. The largest absolute Gasteiger partial charge is 0.394 e. The van der Waals surface area contributed by atoms with E-state index >= 15 is 0 Å². The van der Waals surface area contributed by atoms with Gasteiger partial charge in [-0.2, -0.15) is 0 Å². The highest BCUT2D eigenvalue weighted by atomic mass is 16.5. The molecule has 0 aromatic rings. The molecule has 0 aromatic heterocycles. The first-order valence-electron chi connectivity index (χ1n) is 2.43. The maximum Gasteiger partial charge on any atom is 0.174 e. The molecule has 5 nitrogen and oxygen atoms in total. The molecule has 0 aromatic carbocycles.